The minimum absolute atomic E-state index is 0.218. The average Bonchev–Trinajstić information content (AvgIpc) is 2.30. The molecule has 0 saturated heterocycles. The van der Waals surface area contributed by atoms with Crippen molar-refractivity contribution in [2.75, 3.05) is 11.9 Å². The molecule has 4 nitrogen and oxygen atoms in total. The summed E-state index contributed by atoms with van der Waals surface area (Å²) in [5.41, 5.74) is 0.897. The van der Waals surface area contributed by atoms with Gasteiger partial charge in [-0.2, -0.15) is 0 Å². The van der Waals surface area contributed by atoms with E-state index < -0.39 is 6.57 Å². The summed E-state index contributed by atoms with van der Waals surface area (Å²) in [7, 11) is 0. The zero-order valence-electron chi connectivity index (χ0n) is 11.6. The van der Waals surface area contributed by atoms with Gasteiger partial charge < -0.3 is 14.9 Å². The Labute approximate surface area is 139 Å². The van der Waals surface area contributed by atoms with E-state index in [-0.39, 0.29) is 6.04 Å². The molecular weight excluding hydrogens is 377 g/mol. The molecule has 0 heterocycles. The molecule has 0 saturated carbocycles. The van der Waals surface area contributed by atoms with Crippen LogP contribution < -0.4 is 15.5 Å². The van der Waals surface area contributed by atoms with Gasteiger partial charge in [0.25, 0.3) is 0 Å². The third kappa shape index (κ3) is 6.61. The van der Waals surface area contributed by atoms with E-state index in [1.54, 1.807) is 0 Å². The van der Waals surface area contributed by atoms with Gasteiger partial charge in [0.05, 0.1) is 6.61 Å². The molecule has 0 radical (unpaired) electrons. The molecule has 0 fully saturated rings. The van der Waals surface area contributed by atoms with Gasteiger partial charge in [0.15, 0.2) is 5.11 Å². The van der Waals surface area contributed by atoms with Crippen LogP contribution in [0, 0.1) is 0 Å². The summed E-state index contributed by atoms with van der Waals surface area (Å²) in [4.78, 5) is 0. The molecule has 0 aromatic heterocycles. The van der Waals surface area contributed by atoms with E-state index in [9.17, 15) is 0 Å². The van der Waals surface area contributed by atoms with Gasteiger partial charge >= 0.3 is 0 Å². The topological polar surface area (TPSA) is 45.3 Å². The molecule has 0 aliphatic rings. The van der Waals surface area contributed by atoms with Crippen LogP contribution in [0.15, 0.2) is 28.7 Å². The predicted octanol–water partition coefficient (Wildman–Crippen LogP) is 3.99. The van der Waals surface area contributed by atoms with Gasteiger partial charge in [-0.05, 0) is 69.1 Å². The SMILES string of the molecule is CCOP(=S)(NC(=S)Nc1ccc(Br)cc1)NC(C)C. The Hall–Kier alpha value is -0.0400. The molecule has 0 aliphatic carbocycles. The van der Waals surface area contributed by atoms with E-state index in [2.05, 4.69) is 31.4 Å². The minimum atomic E-state index is -2.36. The zero-order valence-corrected chi connectivity index (χ0v) is 15.8. The molecular formula is C12H19BrN3OPS2. The Morgan fingerprint density at radius 3 is 2.45 bits per heavy atom. The highest BCUT2D eigenvalue weighted by Gasteiger charge is 2.19. The highest BCUT2D eigenvalue weighted by Crippen LogP contribution is 2.38. The second-order valence-electron chi connectivity index (χ2n) is 4.33. The molecule has 20 heavy (non-hydrogen) atoms. The monoisotopic (exact) mass is 395 g/mol. The van der Waals surface area contributed by atoms with Crippen LogP contribution >= 0.6 is 34.7 Å². The Morgan fingerprint density at radius 1 is 1.35 bits per heavy atom. The number of hydrogen-bond donors (Lipinski definition) is 3. The Morgan fingerprint density at radius 2 is 1.95 bits per heavy atom. The van der Waals surface area contributed by atoms with E-state index in [4.69, 9.17) is 28.5 Å². The molecule has 1 rings (SSSR count). The van der Waals surface area contributed by atoms with E-state index in [1.165, 1.54) is 0 Å². The zero-order chi connectivity index (χ0) is 15.2. The van der Waals surface area contributed by atoms with E-state index >= 15 is 0 Å². The summed E-state index contributed by atoms with van der Waals surface area (Å²) in [6, 6.07) is 7.96. The van der Waals surface area contributed by atoms with Crippen LogP contribution in [0.4, 0.5) is 5.69 Å². The van der Waals surface area contributed by atoms with Crippen molar-refractivity contribution in [3.05, 3.63) is 28.7 Å². The maximum Gasteiger partial charge on any atom is 0.225 e. The van der Waals surface area contributed by atoms with Gasteiger partial charge in [0.1, 0.15) is 0 Å². The minimum Gasteiger partial charge on any atom is -0.332 e. The first kappa shape index (κ1) is 18.0. The lowest BCUT2D eigenvalue weighted by atomic mass is 10.3. The number of rotatable bonds is 6. The Bertz CT molecular complexity index is 496. The van der Waals surface area contributed by atoms with Gasteiger partial charge in [0.2, 0.25) is 6.57 Å². The van der Waals surface area contributed by atoms with Crippen LogP contribution in [-0.4, -0.2) is 17.8 Å². The van der Waals surface area contributed by atoms with Crippen molar-refractivity contribution >= 4 is 57.3 Å². The lowest BCUT2D eigenvalue weighted by Gasteiger charge is -2.27. The molecule has 1 aromatic rings. The highest BCUT2D eigenvalue weighted by atomic mass is 79.9. The van der Waals surface area contributed by atoms with Crippen molar-refractivity contribution in [3.8, 4) is 0 Å². The Balaban J connectivity index is 2.66. The maximum absolute atomic E-state index is 5.64. The van der Waals surface area contributed by atoms with Crippen molar-refractivity contribution in [2.24, 2.45) is 0 Å². The highest BCUT2D eigenvalue weighted by molar-refractivity contribution is 9.10. The summed E-state index contributed by atoms with van der Waals surface area (Å²) in [5.74, 6) is 0. The molecule has 0 aliphatic heterocycles. The fourth-order valence-electron chi connectivity index (χ4n) is 1.45. The first-order valence-corrected chi connectivity index (χ1v) is 10.1. The van der Waals surface area contributed by atoms with Crippen LogP contribution in [0.5, 0.6) is 0 Å². The fraction of sp³-hybridized carbons (Fsp3) is 0.417. The summed E-state index contributed by atoms with van der Waals surface area (Å²) < 4.78 is 6.65. The number of halogens is 1. The van der Waals surface area contributed by atoms with Crippen LogP contribution in [-0.2, 0) is 16.3 Å². The quantitative estimate of drug-likeness (QED) is 0.499. The number of anilines is 1. The second-order valence-corrected chi connectivity index (χ2v) is 9.04. The smallest absolute Gasteiger partial charge is 0.225 e. The molecule has 0 bridgehead atoms. The summed E-state index contributed by atoms with van der Waals surface area (Å²) in [5, 5.41) is 9.88. The van der Waals surface area contributed by atoms with Gasteiger partial charge in [0, 0.05) is 16.2 Å². The van der Waals surface area contributed by atoms with Crippen LogP contribution in [0.2, 0.25) is 0 Å². The normalized spacial score (nSPS) is 13.8. The van der Waals surface area contributed by atoms with Gasteiger partial charge in [-0.15, -0.1) is 0 Å². The molecule has 0 spiro atoms. The van der Waals surface area contributed by atoms with E-state index in [0.29, 0.717) is 11.7 Å². The number of hydrogen-bond acceptors (Lipinski definition) is 3. The summed E-state index contributed by atoms with van der Waals surface area (Å²) >= 11 is 14.2. The molecule has 1 atom stereocenters. The third-order valence-electron chi connectivity index (χ3n) is 2.09. The van der Waals surface area contributed by atoms with Gasteiger partial charge in [-0.25, -0.2) is 5.09 Å². The number of nitrogens with one attached hydrogen (secondary N) is 3. The lowest BCUT2D eigenvalue weighted by Crippen LogP contribution is -2.34. The standard InChI is InChI=1S/C12H19BrN3OPS2/c1-4-17-18(20,15-9(2)3)16-12(19)14-11-7-5-10(13)6-8-11/h5-9H,4H2,1-3H3,(H3,14,15,16,19,20). The van der Waals surface area contributed by atoms with Crippen LogP contribution in [0.25, 0.3) is 0 Å². The number of benzene rings is 1. The second kappa shape index (κ2) is 8.41. The molecule has 3 N–H and O–H groups in total. The largest absolute Gasteiger partial charge is 0.332 e. The van der Waals surface area contributed by atoms with E-state index in [0.717, 1.165) is 10.2 Å². The van der Waals surface area contributed by atoms with Crippen molar-refractivity contribution in [3.63, 3.8) is 0 Å². The van der Waals surface area contributed by atoms with Gasteiger partial charge in [-0.3, -0.25) is 0 Å². The van der Waals surface area contributed by atoms with Crippen LogP contribution in [0.1, 0.15) is 20.8 Å². The van der Waals surface area contributed by atoms with Crippen molar-refractivity contribution in [2.45, 2.75) is 26.8 Å². The van der Waals surface area contributed by atoms with E-state index in [1.807, 2.05) is 45.0 Å². The lowest BCUT2D eigenvalue weighted by molar-refractivity contribution is 0.364. The van der Waals surface area contributed by atoms with Crippen molar-refractivity contribution in [1.29, 1.82) is 0 Å². The van der Waals surface area contributed by atoms with Crippen molar-refractivity contribution < 1.29 is 4.52 Å². The maximum atomic E-state index is 5.64. The molecule has 112 valence electrons. The molecule has 8 heteroatoms. The molecule has 0 amide bonds. The summed E-state index contributed by atoms with van der Waals surface area (Å²) in [6.45, 7) is 4.13. The average molecular weight is 396 g/mol. The Kier molecular flexibility index (Phi) is 7.58. The molecule has 1 unspecified atom stereocenters. The third-order valence-corrected chi connectivity index (χ3v) is 5.88. The first-order chi connectivity index (χ1) is 9.34. The predicted molar refractivity (Wildman–Crippen MR) is 97.7 cm³/mol. The van der Waals surface area contributed by atoms with Crippen molar-refractivity contribution in [1.82, 2.24) is 10.2 Å². The molecule has 1 aromatic carbocycles. The number of thiocarbonyl (C=S) groups is 1. The fourth-order valence-corrected chi connectivity index (χ4v) is 5.18. The summed E-state index contributed by atoms with van der Waals surface area (Å²) in [6.07, 6.45) is 0. The first-order valence-electron chi connectivity index (χ1n) is 6.22. The van der Waals surface area contributed by atoms with Crippen LogP contribution in [0.3, 0.4) is 0 Å². The van der Waals surface area contributed by atoms with Gasteiger partial charge in [-0.1, -0.05) is 15.9 Å².